The molecule has 0 aliphatic carbocycles. The second kappa shape index (κ2) is 12.8. The van der Waals surface area contributed by atoms with Crippen molar-refractivity contribution in [2.24, 2.45) is 5.73 Å². The van der Waals surface area contributed by atoms with Gasteiger partial charge in [0.2, 0.25) is 5.91 Å². The average Bonchev–Trinajstić information content (AvgIpc) is 2.66. The zero-order valence-electron chi connectivity index (χ0n) is 15.0. The molecule has 0 spiro atoms. The van der Waals surface area contributed by atoms with Crippen LogP contribution in [0.2, 0.25) is 5.02 Å². The minimum Gasteiger partial charge on any atom is -0.338 e. The maximum absolute atomic E-state index is 12.6. The number of ketones is 1. The number of amides is 1. The predicted octanol–water partition coefficient (Wildman–Crippen LogP) is 4.06. The van der Waals surface area contributed by atoms with Crippen molar-refractivity contribution in [3.63, 3.8) is 0 Å². The number of benzene rings is 2. The van der Waals surface area contributed by atoms with Gasteiger partial charge in [-0.3, -0.25) is 9.59 Å². The molecule has 146 valence electrons. The molecule has 0 saturated carbocycles. The van der Waals surface area contributed by atoms with Crippen LogP contribution in [0.25, 0.3) is 0 Å². The number of carbonyl (C=O) groups excluding carboxylic acids is 2. The highest BCUT2D eigenvalue weighted by atomic mass is 35.5. The third-order valence-corrected chi connectivity index (χ3v) is 5.00. The molecular weight excluding hydrogens is 403 g/mol. The number of halogens is 2. The number of rotatable bonds is 10. The van der Waals surface area contributed by atoms with Crippen LogP contribution < -0.4 is 5.73 Å². The van der Waals surface area contributed by atoms with E-state index >= 15 is 0 Å². The second-order valence-corrected chi connectivity index (χ2v) is 7.29. The second-order valence-electron chi connectivity index (χ2n) is 5.87. The Balaban J connectivity index is 0.00000364. The number of Topliss-reactive ketones (excluding diaryl/α,β-unsaturated/α-hetero) is 1. The van der Waals surface area contributed by atoms with Crippen LogP contribution in [0.4, 0.5) is 0 Å². The van der Waals surface area contributed by atoms with E-state index in [0.717, 1.165) is 12.0 Å². The van der Waals surface area contributed by atoms with Gasteiger partial charge >= 0.3 is 0 Å². The van der Waals surface area contributed by atoms with Crippen LogP contribution in [0.1, 0.15) is 22.3 Å². The van der Waals surface area contributed by atoms with Gasteiger partial charge in [-0.05, 0) is 42.8 Å². The molecule has 0 atom stereocenters. The Morgan fingerprint density at radius 2 is 1.67 bits per heavy atom. The molecule has 0 radical (unpaired) electrons. The molecule has 2 N–H and O–H groups in total. The normalized spacial score (nSPS) is 10.1. The summed E-state index contributed by atoms with van der Waals surface area (Å²) in [7, 11) is 0. The van der Waals surface area contributed by atoms with Gasteiger partial charge in [0.15, 0.2) is 5.78 Å². The number of carbonyl (C=O) groups is 2. The molecule has 1 amide bonds. The molecule has 0 fully saturated rings. The third-order valence-electron chi connectivity index (χ3n) is 3.83. The topological polar surface area (TPSA) is 63.4 Å². The zero-order valence-corrected chi connectivity index (χ0v) is 17.4. The van der Waals surface area contributed by atoms with Crippen LogP contribution >= 0.6 is 35.8 Å². The van der Waals surface area contributed by atoms with E-state index in [1.54, 1.807) is 24.3 Å². The van der Waals surface area contributed by atoms with Crippen molar-refractivity contribution in [1.82, 2.24) is 4.90 Å². The van der Waals surface area contributed by atoms with Crippen molar-refractivity contribution in [2.45, 2.75) is 13.0 Å². The summed E-state index contributed by atoms with van der Waals surface area (Å²) in [4.78, 5) is 26.5. The first-order valence-corrected chi connectivity index (χ1v) is 10.0. The van der Waals surface area contributed by atoms with Gasteiger partial charge in [0, 0.05) is 23.7 Å². The first-order chi connectivity index (χ1) is 12.6. The third kappa shape index (κ3) is 8.35. The minimum absolute atomic E-state index is 0. The summed E-state index contributed by atoms with van der Waals surface area (Å²) in [5.74, 6) is 0.562. The molecule has 27 heavy (non-hydrogen) atoms. The van der Waals surface area contributed by atoms with Crippen LogP contribution in [0.5, 0.6) is 0 Å². The summed E-state index contributed by atoms with van der Waals surface area (Å²) in [6.45, 7) is 1.72. The fourth-order valence-electron chi connectivity index (χ4n) is 2.42. The largest absolute Gasteiger partial charge is 0.338 e. The van der Waals surface area contributed by atoms with Crippen molar-refractivity contribution in [3.8, 4) is 0 Å². The molecule has 0 aliphatic rings. The summed E-state index contributed by atoms with van der Waals surface area (Å²) < 4.78 is 0. The smallest absolute Gasteiger partial charge is 0.232 e. The fourth-order valence-corrected chi connectivity index (χ4v) is 3.36. The Labute approximate surface area is 175 Å². The van der Waals surface area contributed by atoms with Crippen LogP contribution in [0, 0.1) is 0 Å². The number of nitrogens with two attached hydrogens (primary N) is 1. The summed E-state index contributed by atoms with van der Waals surface area (Å²) in [6.07, 6.45) is 0.757. The number of thioether (sulfide) groups is 1. The maximum atomic E-state index is 12.6. The minimum atomic E-state index is -0.00367. The predicted molar refractivity (Wildman–Crippen MR) is 116 cm³/mol. The monoisotopic (exact) mass is 426 g/mol. The molecule has 2 aromatic carbocycles. The fraction of sp³-hybridized carbons (Fsp3) is 0.300. The lowest BCUT2D eigenvalue weighted by Crippen LogP contribution is -2.34. The molecular formula is C20H24Cl2N2O2S. The highest BCUT2D eigenvalue weighted by Gasteiger charge is 2.15. The van der Waals surface area contributed by atoms with E-state index in [2.05, 4.69) is 0 Å². The molecule has 0 saturated heterocycles. The lowest BCUT2D eigenvalue weighted by atomic mass is 10.1. The molecule has 7 heteroatoms. The Morgan fingerprint density at radius 3 is 2.30 bits per heavy atom. The molecule has 0 unspecified atom stereocenters. The Kier molecular flexibility index (Phi) is 11.1. The van der Waals surface area contributed by atoms with Crippen molar-refractivity contribution < 1.29 is 9.59 Å². The quantitative estimate of drug-likeness (QED) is 0.581. The Hall–Kier alpha value is -1.53. The maximum Gasteiger partial charge on any atom is 0.232 e. The molecule has 0 aliphatic heterocycles. The average molecular weight is 427 g/mol. The highest BCUT2D eigenvalue weighted by Crippen LogP contribution is 2.14. The number of nitrogens with zero attached hydrogens (tertiary/aromatic N) is 1. The van der Waals surface area contributed by atoms with Crippen LogP contribution in [0.15, 0.2) is 54.6 Å². The lowest BCUT2D eigenvalue weighted by molar-refractivity contribution is -0.129. The van der Waals surface area contributed by atoms with Gasteiger partial charge in [-0.25, -0.2) is 0 Å². The van der Waals surface area contributed by atoms with Crippen LogP contribution in [-0.2, 0) is 11.3 Å². The Bertz CT molecular complexity index is 712. The first kappa shape index (κ1) is 23.5. The van der Waals surface area contributed by atoms with Crippen molar-refractivity contribution >= 4 is 47.5 Å². The van der Waals surface area contributed by atoms with Gasteiger partial charge in [-0.15, -0.1) is 24.2 Å². The molecule has 0 bridgehead atoms. The van der Waals surface area contributed by atoms with E-state index in [0.29, 0.717) is 30.2 Å². The van der Waals surface area contributed by atoms with Gasteiger partial charge in [0.25, 0.3) is 0 Å². The van der Waals surface area contributed by atoms with Gasteiger partial charge in [-0.1, -0.05) is 41.9 Å². The van der Waals surface area contributed by atoms with Crippen molar-refractivity contribution in [1.29, 1.82) is 0 Å². The summed E-state index contributed by atoms with van der Waals surface area (Å²) in [6, 6.07) is 16.7. The molecule has 0 aromatic heterocycles. The van der Waals surface area contributed by atoms with Crippen molar-refractivity contribution in [2.75, 3.05) is 24.6 Å². The standard InChI is InChI=1S/C20H23ClN2O2S.ClH/c21-18-9-7-17(8-10-18)19(24)14-26-15-20(25)23(12-4-11-22)13-16-5-2-1-3-6-16;/h1-3,5-10H,4,11-15,22H2;1H. The summed E-state index contributed by atoms with van der Waals surface area (Å²) in [5.41, 5.74) is 7.28. The number of hydrogen-bond donors (Lipinski definition) is 1. The van der Waals surface area contributed by atoms with E-state index in [4.69, 9.17) is 17.3 Å². The highest BCUT2D eigenvalue weighted by molar-refractivity contribution is 8.00. The molecule has 2 aromatic rings. The van der Waals surface area contributed by atoms with Gasteiger partial charge in [0.1, 0.15) is 0 Å². The molecule has 0 heterocycles. The van der Waals surface area contributed by atoms with E-state index < -0.39 is 0 Å². The van der Waals surface area contributed by atoms with Crippen LogP contribution in [-0.4, -0.2) is 41.2 Å². The SMILES string of the molecule is Cl.NCCCN(Cc1ccccc1)C(=O)CSCC(=O)c1ccc(Cl)cc1. The lowest BCUT2D eigenvalue weighted by Gasteiger charge is -2.22. The van der Waals surface area contributed by atoms with E-state index in [1.165, 1.54) is 11.8 Å². The van der Waals surface area contributed by atoms with E-state index in [9.17, 15) is 9.59 Å². The molecule has 4 nitrogen and oxygen atoms in total. The molecule has 2 rings (SSSR count). The van der Waals surface area contributed by atoms with Gasteiger partial charge in [0.05, 0.1) is 11.5 Å². The van der Waals surface area contributed by atoms with Gasteiger partial charge < -0.3 is 10.6 Å². The van der Waals surface area contributed by atoms with Crippen molar-refractivity contribution in [3.05, 3.63) is 70.7 Å². The zero-order chi connectivity index (χ0) is 18.8. The van der Waals surface area contributed by atoms with E-state index in [-0.39, 0.29) is 35.6 Å². The number of hydrogen-bond acceptors (Lipinski definition) is 4. The van der Waals surface area contributed by atoms with E-state index in [1.807, 2.05) is 35.2 Å². The summed E-state index contributed by atoms with van der Waals surface area (Å²) >= 11 is 7.17. The summed E-state index contributed by atoms with van der Waals surface area (Å²) in [5, 5.41) is 0.598. The first-order valence-electron chi connectivity index (χ1n) is 8.48. The van der Waals surface area contributed by atoms with Gasteiger partial charge in [-0.2, -0.15) is 0 Å². The van der Waals surface area contributed by atoms with Crippen LogP contribution in [0.3, 0.4) is 0 Å². The Morgan fingerprint density at radius 1 is 1.00 bits per heavy atom.